The van der Waals surface area contributed by atoms with E-state index in [0.717, 1.165) is 12.1 Å². The van der Waals surface area contributed by atoms with E-state index in [0.29, 0.717) is 4.90 Å². The minimum Gasteiger partial charge on any atom is -0.325 e. The zero-order valence-corrected chi connectivity index (χ0v) is 10.3. The molecule has 0 radical (unpaired) electrons. The minimum absolute atomic E-state index is 0.162. The summed E-state index contributed by atoms with van der Waals surface area (Å²) in [6.45, 7) is 3.44. The third-order valence-corrected chi connectivity index (χ3v) is 2.87. The van der Waals surface area contributed by atoms with Crippen LogP contribution in [0, 0.1) is 0 Å². The van der Waals surface area contributed by atoms with Gasteiger partial charge in [-0.25, -0.2) is 9.69 Å². The average Bonchev–Trinajstić information content (AvgIpc) is 2.64. The lowest BCUT2D eigenvalue weighted by atomic mass is 10.1. The third kappa shape index (κ3) is 2.38. The molecular weight excluding hydrogens is 273 g/mol. The first-order valence-electron chi connectivity index (χ1n) is 5.78. The second kappa shape index (κ2) is 4.99. The number of benzene rings is 1. The Morgan fingerprint density at radius 3 is 2.55 bits per heavy atom. The van der Waals surface area contributed by atoms with E-state index >= 15 is 0 Å². The summed E-state index contributed by atoms with van der Waals surface area (Å²) in [5, 5.41) is 2.33. The SMILES string of the molecule is C=CCC1NC(=O)N(c2ccccc2C(F)(F)F)C1=O. The number of alkyl halides is 3. The molecule has 106 valence electrons. The van der Waals surface area contributed by atoms with Crippen molar-refractivity contribution in [2.24, 2.45) is 0 Å². The fraction of sp³-hybridized carbons (Fsp3) is 0.231. The summed E-state index contributed by atoms with van der Waals surface area (Å²) in [4.78, 5) is 24.3. The van der Waals surface area contributed by atoms with E-state index < -0.39 is 35.4 Å². The van der Waals surface area contributed by atoms with E-state index in [1.54, 1.807) is 0 Å². The van der Waals surface area contributed by atoms with Crippen LogP contribution in [0.5, 0.6) is 0 Å². The minimum atomic E-state index is -4.65. The Kier molecular flexibility index (Phi) is 3.52. The molecule has 0 aliphatic carbocycles. The van der Waals surface area contributed by atoms with Gasteiger partial charge in [-0.3, -0.25) is 4.79 Å². The molecule has 1 heterocycles. The Balaban J connectivity index is 2.45. The van der Waals surface area contributed by atoms with Gasteiger partial charge in [-0.2, -0.15) is 13.2 Å². The van der Waals surface area contributed by atoms with Gasteiger partial charge in [0.1, 0.15) is 6.04 Å². The van der Waals surface area contributed by atoms with Crippen LogP contribution in [0.4, 0.5) is 23.7 Å². The number of urea groups is 1. The molecule has 0 bridgehead atoms. The van der Waals surface area contributed by atoms with Crippen molar-refractivity contribution in [2.75, 3.05) is 4.90 Å². The maximum absolute atomic E-state index is 12.9. The highest BCUT2D eigenvalue weighted by Gasteiger charge is 2.43. The summed E-state index contributed by atoms with van der Waals surface area (Å²) in [5.74, 6) is -0.716. The number of nitrogens with zero attached hydrogens (tertiary/aromatic N) is 1. The lowest BCUT2D eigenvalue weighted by molar-refractivity contribution is -0.137. The molecule has 0 spiro atoms. The molecule has 1 aliphatic rings. The number of anilines is 1. The van der Waals surface area contributed by atoms with E-state index in [1.165, 1.54) is 18.2 Å². The second-order valence-electron chi connectivity index (χ2n) is 4.22. The zero-order valence-electron chi connectivity index (χ0n) is 10.3. The summed E-state index contributed by atoms with van der Waals surface area (Å²) in [5.41, 5.74) is -1.49. The van der Waals surface area contributed by atoms with Gasteiger partial charge >= 0.3 is 12.2 Å². The standard InChI is InChI=1S/C13H11F3N2O2/c1-2-5-9-11(19)18(12(20)17-9)10-7-4-3-6-8(10)13(14,15)16/h2-4,6-7,9H,1,5H2,(H,17,20). The lowest BCUT2D eigenvalue weighted by Crippen LogP contribution is -2.33. The molecule has 1 fully saturated rings. The molecule has 1 saturated heterocycles. The monoisotopic (exact) mass is 284 g/mol. The van der Waals surface area contributed by atoms with E-state index in [-0.39, 0.29) is 6.42 Å². The molecule has 1 aromatic rings. The maximum Gasteiger partial charge on any atom is 0.418 e. The molecule has 1 N–H and O–H groups in total. The fourth-order valence-corrected chi connectivity index (χ4v) is 1.99. The van der Waals surface area contributed by atoms with Crippen molar-refractivity contribution in [2.45, 2.75) is 18.6 Å². The summed E-state index contributed by atoms with van der Waals surface area (Å²) in [6.07, 6.45) is -3.06. The van der Waals surface area contributed by atoms with Crippen LogP contribution < -0.4 is 10.2 Å². The van der Waals surface area contributed by atoms with Crippen LogP contribution in [-0.2, 0) is 11.0 Å². The van der Waals surface area contributed by atoms with Crippen molar-refractivity contribution in [1.82, 2.24) is 5.32 Å². The highest BCUT2D eigenvalue weighted by Crippen LogP contribution is 2.37. The molecular formula is C13H11F3N2O2. The van der Waals surface area contributed by atoms with E-state index in [1.807, 2.05) is 0 Å². The van der Waals surface area contributed by atoms with E-state index in [2.05, 4.69) is 11.9 Å². The quantitative estimate of drug-likeness (QED) is 0.685. The highest BCUT2D eigenvalue weighted by atomic mass is 19.4. The molecule has 1 unspecified atom stereocenters. The van der Waals surface area contributed by atoms with Crippen LogP contribution in [0.25, 0.3) is 0 Å². The van der Waals surface area contributed by atoms with Gasteiger partial charge in [-0.1, -0.05) is 18.2 Å². The molecule has 4 nitrogen and oxygen atoms in total. The summed E-state index contributed by atoms with van der Waals surface area (Å²) in [6, 6.07) is 2.73. The predicted octanol–water partition coefficient (Wildman–Crippen LogP) is 2.71. The van der Waals surface area contributed by atoms with Gasteiger partial charge in [0.15, 0.2) is 0 Å². The van der Waals surface area contributed by atoms with Gasteiger partial charge in [0.25, 0.3) is 5.91 Å². The van der Waals surface area contributed by atoms with Crippen LogP contribution in [0.15, 0.2) is 36.9 Å². The number of carbonyl (C=O) groups is 2. The van der Waals surface area contributed by atoms with Crippen molar-refractivity contribution >= 4 is 17.6 Å². The average molecular weight is 284 g/mol. The largest absolute Gasteiger partial charge is 0.418 e. The number of carbonyl (C=O) groups excluding carboxylic acids is 2. The smallest absolute Gasteiger partial charge is 0.325 e. The van der Waals surface area contributed by atoms with E-state index in [9.17, 15) is 22.8 Å². The van der Waals surface area contributed by atoms with Gasteiger partial charge in [-0.05, 0) is 18.6 Å². The third-order valence-electron chi connectivity index (χ3n) is 2.87. The van der Waals surface area contributed by atoms with Crippen LogP contribution >= 0.6 is 0 Å². The molecule has 1 aliphatic heterocycles. The summed E-state index contributed by atoms with van der Waals surface area (Å²) >= 11 is 0. The zero-order chi connectivity index (χ0) is 14.9. The predicted molar refractivity (Wildman–Crippen MR) is 66.1 cm³/mol. The molecule has 1 atom stereocenters. The van der Waals surface area contributed by atoms with Gasteiger partial charge in [-0.15, -0.1) is 6.58 Å². The number of halogens is 3. The Hall–Kier alpha value is -2.31. The van der Waals surface area contributed by atoms with Gasteiger partial charge in [0, 0.05) is 0 Å². The van der Waals surface area contributed by atoms with E-state index in [4.69, 9.17) is 0 Å². The Morgan fingerprint density at radius 1 is 1.30 bits per heavy atom. The number of rotatable bonds is 3. The molecule has 3 amide bonds. The number of hydrogen-bond donors (Lipinski definition) is 1. The number of hydrogen-bond acceptors (Lipinski definition) is 2. The van der Waals surface area contributed by atoms with Crippen LogP contribution in [0.2, 0.25) is 0 Å². The topological polar surface area (TPSA) is 49.4 Å². The van der Waals surface area contributed by atoms with Crippen molar-refractivity contribution in [1.29, 1.82) is 0 Å². The van der Waals surface area contributed by atoms with Crippen LogP contribution in [0.1, 0.15) is 12.0 Å². The van der Waals surface area contributed by atoms with Gasteiger partial charge < -0.3 is 5.32 Å². The molecule has 1 aromatic carbocycles. The lowest BCUT2D eigenvalue weighted by Gasteiger charge is -2.18. The number of imide groups is 1. The molecule has 7 heteroatoms. The molecule has 0 saturated carbocycles. The van der Waals surface area contributed by atoms with Crippen molar-refractivity contribution in [3.8, 4) is 0 Å². The first-order chi connectivity index (χ1) is 9.36. The van der Waals surface area contributed by atoms with Gasteiger partial charge in [0.05, 0.1) is 11.3 Å². The summed E-state index contributed by atoms with van der Waals surface area (Å²) < 4.78 is 38.7. The molecule has 2 rings (SSSR count). The van der Waals surface area contributed by atoms with Crippen LogP contribution in [0.3, 0.4) is 0 Å². The van der Waals surface area contributed by atoms with Crippen molar-refractivity contribution < 1.29 is 22.8 Å². The van der Waals surface area contributed by atoms with Crippen molar-refractivity contribution in [3.05, 3.63) is 42.5 Å². The molecule has 0 aromatic heterocycles. The van der Waals surface area contributed by atoms with Crippen molar-refractivity contribution in [3.63, 3.8) is 0 Å². The Labute approximate surface area is 112 Å². The summed E-state index contributed by atoms with van der Waals surface area (Å²) in [7, 11) is 0. The molecule has 20 heavy (non-hydrogen) atoms. The maximum atomic E-state index is 12.9. The highest BCUT2D eigenvalue weighted by molar-refractivity contribution is 6.21. The fourth-order valence-electron chi connectivity index (χ4n) is 1.99. The number of para-hydroxylation sites is 1. The van der Waals surface area contributed by atoms with Gasteiger partial charge in [0.2, 0.25) is 0 Å². The van der Waals surface area contributed by atoms with Crippen LogP contribution in [-0.4, -0.2) is 18.0 Å². The Bertz CT molecular complexity index is 569. The second-order valence-corrected chi connectivity index (χ2v) is 4.22. The first kappa shape index (κ1) is 14.1. The Morgan fingerprint density at radius 2 is 1.95 bits per heavy atom. The number of nitrogens with one attached hydrogen (secondary N) is 1. The normalized spacial score (nSPS) is 19.1. The number of amides is 3. The first-order valence-corrected chi connectivity index (χ1v) is 5.78.